The molecule has 0 heterocycles. The van der Waals surface area contributed by atoms with Crippen molar-refractivity contribution in [2.75, 3.05) is 6.54 Å². The Hall–Kier alpha value is -3.41. The fourth-order valence-electron chi connectivity index (χ4n) is 2.40. The van der Waals surface area contributed by atoms with Crippen molar-refractivity contribution in [3.63, 3.8) is 0 Å². The number of ketones is 1. The first-order valence-electron chi connectivity index (χ1n) is 9.01. The summed E-state index contributed by atoms with van der Waals surface area (Å²) >= 11 is 0. The third kappa shape index (κ3) is 7.86. The second kappa shape index (κ2) is 11.3. The number of carbonyl (C=O) groups is 3. The molecule has 6 nitrogen and oxygen atoms in total. The van der Waals surface area contributed by atoms with E-state index in [2.05, 4.69) is 5.32 Å². The maximum Gasteiger partial charge on any atom is 0.407 e. The molecule has 0 fully saturated rings. The summed E-state index contributed by atoms with van der Waals surface area (Å²) in [6, 6.07) is 16.4. The molecule has 2 aromatic carbocycles. The quantitative estimate of drug-likeness (QED) is 0.478. The number of nitrogens with one attached hydrogen (secondary N) is 1. The van der Waals surface area contributed by atoms with Crippen molar-refractivity contribution < 1.29 is 24.2 Å². The van der Waals surface area contributed by atoms with Crippen molar-refractivity contribution in [2.24, 2.45) is 0 Å². The minimum Gasteiger partial charge on any atom is -0.481 e. The Balaban J connectivity index is 1.66. The van der Waals surface area contributed by atoms with Crippen LogP contribution in [0.15, 0.2) is 60.7 Å². The lowest BCUT2D eigenvalue weighted by Gasteiger charge is -2.05. The van der Waals surface area contributed by atoms with Crippen LogP contribution in [0.25, 0.3) is 6.08 Å². The highest BCUT2D eigenvalue weighted by molar-refractivity contribution is 5.97. The second-order valence-corrected chi connectivity index (χ2v) is 6.12. The fraction of sp³-hybridized carbons (Fsp3) is 0.227. The van der Waals surface area contributed by atoms with Crippen LogP contribution in [-0.2, 0) is 16.1 Å². The summed E-state index contributed by atoms with van der Waals surface area (Å²) in [5.74, 6) is -1.17. The number of carbonyl (C=O) groups excluding carboxylic acids is 2. The first kappa shape index (κ1) is 20.9. The molecule has 0 unspecified atom stereocenters. The van der Waals surface area contributed by atoms with Gasteiger partial charge >= 0.3 is 12.1 Å². The van der Waals surface area contributed by atoms with Crippen LogP contribution in [0.5, 0.6) is 0 Å². The van der Waals surface area contributed by atoms with E-state index in [-0.39, 0.29) is 25.2 Å². The monoisotopic (exact) mass is 381 g/mol. The zero-order valence-electron chi connectivity index (χ0n) is 15.5. The number of benzene rings is 2. The van der Waals surface area contributed by atoms with Crippen LogP contribution >= 0.6 is 0 Å². The first-order valence-corrected chi connectivity index (χ1v) is 9.01. The maximum atomic E-state index is 11.8. The third-order valence-electron chi connectivity index (χ3n) is 3.90. The number of alkyl carbamates (subject to hydrolysis) is 1. The van der Waals surface area contributed by atoms with Crippen LogP contribution < -0.4 is 5.32 Å². The number of hydrogen-bond donors (Lipinski definition) is 2. The minimum atomic E-state index is -0.981. The lowest BCUT2D eigenvalue weighted by molar-refractivity contribution is -0.136. The number of aliphatic carboxylic acids is 1. The number of carboxylic acids is 1. The Morgan fingerprint density at radius 2 is 1.68 bits per heavy atom. The standard InChI is InChI=1S/C22H23NO5/c24-20(13-14-21(25)26)19-11-9-17(10-12-19)6-4-5-15-23-22(27)28-16-18-7-2-1-3-8-18/h1-4,6-12H,5,13-16H2,(H,23,27)(H,25,26). The number of amides is 1. The maximum absolute atomic E-state index is 11.8. The molecule has 0 aliphatic heterocycles. The predicted molar refractivity (Wildman–Crippen MR) is 106 cm³/mol. The molecule has 146 valence electrons. The van der Waals surface area contributed by atoms with Gasteiger partial charge in [0.25, 0.3) is 0 Å². The molecule has 2 rings (SSSR count). The lowest BCUT2D eigenvalue weighted by atomic mass is 10.0. The predicted octanol–water partition coefficient (Wildman–Crippen LogP) is 4.06. The van der Waals surface area contributed by atoms with Gasteiger partial charge in [0.05, 0.1) is 6.42 Å². The smallest absolute Gasteiger partial charge is 0.407 e. The molecule has 1 amide bonds. The lowest BCUT2D eigenvalue weighted by Crippen LogP contribution is -2.24. The van der Waals surface area contributed by atoms with Crippen LogP contribution in [0, 0.1) is 0 Å². The van der Waals surface area contributed by atoms with Gasteiger partial charge in [0.2, 0.25) is 0 Å². The molecule has 2 aromatic rings. The van der Waals surface area contributed by atoms with Crippen LogP contribution in [-0.4, -0.2) is 29.5 Å². The highest BCUT2D eigenvalue weighted by Crippen LogP contribution is 2.10. The van der Waals surface area contributed by atoms with Crippen LogP contribution in [0.3, 0.4) is 0 Å². The van der Waals surface area contributed by atoms with Gasteiger partial charge in [-0.25, -0.2) is 4.79 Å². The van der Waals surface area contributed by atoms with Crippen molar-refractivity contribution in [1.82, 2.24) is 5.32 Å². The summed E-state index contributed by atoms with van der Waals surface area (Å²) in [4.78, 5) is 34.0. The number of rotatable bonds is 10. The van der Waals surface area contributed by atoms with E-state index in [0.717, 1.165) is 11.1 Å². The van der Waals surface area contributed by atoms with Crippen LogP contribution in [0.4, 0.5) is 4.79 Å². The van der Waals surface area contributed by atoms with Crippen molar-refractivity contribution in [3.8, 4) is 0 Å². The molecule has 0 saturated carbocycles. The Bertz CT molecular complexity index is 813. The number of carboxylic acid groups (broad SMARTS) is 1. The molecule has 0 aliphatic rings. The normalized spacial score (nSPS) is 10.6. The fourth-order valence-corrected chi connectivity index (χ4v) is 2.40. The van der Waals surface area contributed by atoms with Gasteiger partial charge in [-0.1, -0.05) is 66.7 Å². The molecular weight excluding hydrogens is 358 g/mol. The molecule has 0 aromatic heterocycles. The highest BCUT2D eigenvalue weighted by Gasteiger charge is 2.07. The van der Waals surface area contributed by atoms with Crippen molar-refractivity contribution in [1.29, 1.82) is 0 Å². The first-order chi connectivity index (χ1) is 13.5. The Morgan fingerprint density at radius 3 is 2.36 bits per heavy atom. The second-order valence-electron chi connectivity index (χ2n) is 6.12. The molecule has 0 bridgehead atoms. The summed E-state index contributed by atoms with van der Waals surface area (Å²) in [7, 11) is 0. The zero-order valence-corrected chi connectivity index (χ0v) is 15.5. The summed E-state index contributed by atoms with van der Waals surface area (Å²) in [6.45, 7) is 0.690. The van der Waals surface area contributed by atoms with Gasteiger partial charge in [0.1, 0.15) is 6.61 Å². The summed E-state index contributed by atoms with van der Waals surface area (Å²) < 4.78 is 5.12. The molecule has 2 N–H and O–H groups in total. The van der Waals surface area contributed by atoms with E-state index < -0.39 is 12.1 Å². The molecule has 28 heavy (non-hydrogen) atoms. The molecule has 0 spiro atoms. The molecule has 0 radical (unpaired) electrons. The van der Waals surface area contributed by atoms with Crippen molar-refractivity contribution in [2.45, 2.75) is 25.9 Å². The van der Waals surface area contributed by atoms with Gasteiger partial charge < -0.3 is 15.2 Å². The van der Waals surface area contributed by atoms with Gasteiger partial charge in [-0.2, -0.15) is 0 Å². The van der Waals surface area contributed by atoms with E-state index in [4.69, 9.17) is 9.84 Å². The minimum absolute atomic E-state index is 0.00341. The van der Waals surface area contributed by atoms with Gasteiger partial charge in [0.15, 0.2) is 5.78 Å². The van der Waals surface area contributed by atoms with E-state index in [1.165, 1.54) is 0 Å². The number of ether oxygens (including phenoxy) is 1. The van der Waals surface area contributed by atoms with E-state index in [9.17, 15) is 14.4 Å². The molecule has 0 atom stereocenters. The molecule has 0 saturated heterocycles. The highest BCUT2D eigenvalue weighted by atomic mass is 16.5. The van der Waals surface area contributed by atoms with Crippen molar-refractivity contribution in [3.05, 3.63) is 77.4 Å². The third-order valence-corrected chi connectivity index (χ3v) is 3.90. The van der Waals surface area contributed by atoms with Gasteiger partial charge in [-0.15, -0.1) is 0 Å². The largest absolute Gasteiger partial charge is 0.481 e. The molecular formula is C22H23NO5. The number of hydrogen-bond acceptors (Lipinski definition) is 4. The van der Waals surface area contributed by atoms with E-state index >= 15 is 0 Å². The van der Waals surface area contributed by atoms with E-state index in [1.807, 2.05) is 42.5 Å². The van der Waals surface area contributed by atoms with Gasteiger partial charge in [0, 0.05) is 18.5 Å². The topological polar surface area (TPSA) is 92.7 Å². The molecule has 0 aliphatic carbocycles. The average Bonchev–Trinajstić information content (AvgIpc) is 2.71. The van der Waals surface area contributed by atoms with Crippen LogP contribution in [0.1, 0.15) is 40.7 Å². The Morgan fingerprint density at radius 1 is 0.964 bits per heavy atom. The summed E-state index contributed by atoms with van der Waals surface area (Å²) in [5.41, 5.74) is 2.35. The summed E-state index contributed by atoms with van der Waals surface area (Å²) in [5, 5.41) is 11.3. The zero-order chi connectivity index (χ0) is 20.2. The summed E-state index contributed by atoms with van der Waals surface area (Å²) in [6.07, 6.45) is 3.82. The van der Waals surface area contributed by atoms with Gasteiger partial charge in [-0.3, -0.25) is 9.59 Å². The average molecular weight is 381 g/mol. The Kier molecular flexibility index (Phi) is 8.46. The SMILES string of the molecule is O=C(O)CCC(=O)c1ccc(C=CCCNC(=O)OCc2ccccc2)cc1. The van der Waals surface area contributed by atoms with Gasteiger partial charge in [-0.05, 0) is 17.5 Å². The van der Waals surface area contributed by atoms with Crippen LogP contribution in [0.2, 0.25) is 0 Å². The van der Waals surface area contributed by atoms with Crippen molar-refractivity contribution >= 4 is 23.9 Å². The molecule has 6 heteroatoms. The van der Waals surface area contributed by atoms with E-state index in [0.29, 0.717) is 18.5 Å². The Labute approximate surface area is 163 Å². The van der Waals surface area contributed by atoms with E-state index in [1.54, 1.807) is 24.3 Å². The number of Topliss-reactive ketones (excluding diaryl/α,β-unsaturated/α-hetero) is 1.